The summed E-state index contributed by atoms with van der Waals surface area (Å²) in [7, 11) is 3.53. The highest BCUT2D eigenvalue weighted by molar-refractivity contribution is 5.63. The number of fused-ring (bicyclic) bond motifs is 4. The molecule has 4 atom stereocenters. The Hall–Kier alpha value is -1.18. The lowest BCUT2D eigenvalue weighted by Gasteiger charge is -2.28. The van der Waals surface area contributed by atoms with Crippen molar-refractivity contribution in [3.05, 3.63) is 23.3 Å². The molecule has 0 saturated heterocycles. The maximum Gasteiger partial charge on any atom is 0.122 e. The standard InChI is InChI=1S/C13H14O2/c1-14-8-3-4-9(15-2)13-11(8)6-5-7-10(6)12(7)13/h3-4,6-7,10,12H,5H2,1-2H3/t6-,7-,10-,12+/m0/s1. The number of rotatable bonds is 2. The molecule has 0 aromatic heterocycles. The topological polar surface area (TPSA) is 18.5 Å². The van der Waals surface area contributed by atoms with Crippen LogP contribution in [0.4, 0.5) is 0 Å². The smallest absolute Gasteiger partial charge is 0.122 e. The molecule has 3 aliphatic rings. The second-order valence-electron chi connectivity index (χ2n) is 4.91. The fourth-order valence-electron chi connectivity index (χ4n) is 3.90. The van der Waals surface area contributed by atoms with Gasteiger partial charge in [0.15, 0.2) is 0 Å². The minimum absolute atomic E-state index is 0.778. The third-order valence-corrected chi connectivity index (χ3v) is 4.57. The van der Waals surface area contributed by atoms with Crippen molar-refractivity contribution in [3.8, 4) is 11.5 Å². The summed E-state index contributed by atoms with van der Waals surface area (Å²) in [6.07, 6.45) is 1.38. The molecule has 0 aliphatic heterocycles. The van der Waals surface area contributed by atoms with Crippen molar-refractivity contribution in [2.75, 3.05) is 14.2 Å². The van der Waals surface area contributed by atoms with Gasteiger partial charge < -0.3 is 9.47 Å². The van der Waals surface area contributed by atoms with E-state index in [0.717, 1.165) is 35.2 Å². The molecule has 0 N–H and O–H groups in total. The van der Waals surface area contributed by atoms with Gasteiger partial charge in [-0.3, -0.25) is 0 Å². The zero-order chi connectivity index (χ0) is 10.2. The molecule has 2 fully saturated rings. The highest BCUT2D eigenvalue weighted by Gasteiger charge is 2.70. The van der Waals surface area contributed by atoms with Gasteiger partial charge in [-0.25, -0.2) is 0 Å². The average molecular weight is 202 g/mol. The van der Waals surface area contributed by atoms with Gasteiger partial charge in [0.05, 0.1) is 14.2 Å². The van der Waals surface area contributed by atoms with Crippen LogP contribution in [-0.4, -0.2) is 14.2 Å². The van der Waals surface area contributed by atoms with Gasteiger partial charge >= 0.3 is 0 Å². The largest absolute Gasteiger partial charge is 0.496 e. The van der Waals surface area contributed by atoms with Crippen LogP contribution in [0.3, 0.4) is 0 Å². The van der Waals surface area contributed by atoms with E-state index in [1.54, 1.807) is 14.2 Å². The first-order chi connectivity index (χ1) is 7.36. The third-order valence-electron chi connectivity index (χ3n) is 4.57. The van der Waals surface area contributed by atoms with Gasteiger partial charge in [-0.2, -0.15) is 0 Å². The van der Waals surface area contributed by atoms with Gasteiger partial charge in [-0.05, 0) is 42.2 Å². The molecular formula is C13H14O2. The lowest BCUT2D eigenvalue weighted by molar-refractivity contribution is 0.351. The molecule has 0 spiro atoms. The minimum Gasteiger partial charge on any atom is -0.496 e. The van der Waals surface area contributed by atoms with E-state index in [2.05, 4.69) is 12.1 Å². The summed E-state index contributed by atoms with van der Waals surface area (Å²) in [5.74, 6) is 5.63. The van der Waals surface area contributed by atoms with Crippen LogP contribution in [0, 0.1) is 11.8 Å². The average Bonchev–Trinajstić information content (AvgIpc) is 2.73. The molecule has 1 aromatic rings. The molecule has 0 radical (unpaired) electrons. The molecule has 0 heterocycles. The molecule has 2 nitrogen and oxygen atoms in total. The maximum absolute atomic E-state index is 5.47. The van der Waals surface area contributed by atoms with Crippen molar-refractivity contribution in [1.29, 1.82) is 0 Å². The number of hydrogen-bond donors (Lipinski definition) is 0. The monoisotopic (exact) mass is 202 g/mol. The normalized spacial score (nSPS) is 37.7. The van der Waals surface area contributed by atoms with E-state index in [4.69, 9.17) is 9.47 Å². The zero-order valence-electron chi connectivity index (χ0n) is 8.99. The molecule has 0 bridgehead atoms. The Balaban J connectivity index is 1.97. The quantitative estimate of drug-likeness (QED) is 0.733. The van der Waals surface area contributed by atoms with Crippen molar-refractivity contribution in [3.63, 3.8) is 0 Å². The Labute approximate surface area is 89.2 Å². The number of methoxy groups -OCH3 is 2. The van der Waals surface area contributed by atoms with Crippen LogP contribution in [0.25, 0.3) is 0 Å². The Bertz CT molecular complexity index is 419. The van der Waals surface area contributed by atoms with Gasteiger partial charge in [0.25, 0.3) is 0 Å². The SMILES string of the molecule is COc1ccc(OC)c2c1[C@@H]1[C@H]3C[C@H]2[C@@H]31. The molecule has 15 heavy (non-hydrogen) atoms. The fourth-order valence-corrected chi connectivity index (χ4v) is 3.90. The van der Waals surface area contributed by atoms with Gasteiger partial charge in [0.2, 0.25) is 0 Å². The third kappa shape index (κ3) is 0.715. The van der Waals surface area contributed by atoms with Gasteiger partial charge in [-0.15, -0.1) is 0 Å². The van der Waals surface area contributed by atoms with Crippen molar-refractivity contribution in [2.45, 2.75) is 18.3 Å². The van der Waals surface area contributed by atoms with Crippen LogP contribution < -0.4 is 9.47 Å². The number of hydrogen-bond acceptors (Lipinski definition) is 2. The second kappa shape index (κ2) is 2.31. The highest BCUT2D eigenvalue weighted by atomic mass is 16.5. The van der Waals surface area contributed by atoms with E-state index in [1.807, 2.05) is 0 Å². The van der Waals surface area contributed by atoms with E-state index >= 15 is 0 Å². The molecule has 4 rings (SSSR count). The summed E-state index contributed by atoms with van der Waals surface area (Å²) in [6.45, 7) is 0. The van der Waals surface area contributed by atoms with Crippen LogP contribution in [0.5, 0.6) is 11.5 Å². The van der Waals surface area contributed by atoms with Crippen molar-refractivity contribution < 1.29 is 9.47 Å². The Morgan fingerprint density at radius 1 is 1.07 bits per heavy atom. The summed E-state index contributed by atoms with van der Waals surface area (Å²) in [5, 5.41) is 0. The van der Waals surface area contributed by atoms with E-state index in [9.17, 15) is 0 Å². The Kier molecular flexibility index (Phi) is 1.24. The lowest BCUT2D eigenvalue weighted by atomic mass is 9.78. The Morgan fingerprint density at radius 3 is 2.40 bits per heavy atom. The number of benzene rings is 1. The predicted octanol–water partition coefficient (Wildman–Crippen LogP) is 2.53. The number of ether oxygens (including phenoxy) is 2. The maximum atomic E-state index is 5.47. The van der Waals surface area contributed by atoms with E-state index in [0.29, 0.717) is 0 Å². The van der Waals surface area contributed by atoms with Crippen molar-refractivity contribution >= 4 is 0 Å². The molecular weight excluding hydrogens is 188 g/mol. The first kappa shape index (κ1) is 8.03. The minimum atomic E-state index is 0.778. The predicted molar refractivity (Wildman–Crippen MR) is 56.6 cm³/mol. The van der Waals surface area contributed by atoms with Crippen molar-refractivity contribution in [2.24, 2.45) is 11.8 Å². The summed E-state index contributed by atoms with van der Waals surface area (Å²) in [5.41, 5.74) is 2.91. The van der Waals surface area contributed by atoms with Crippen LogP contribution in [0.2, 0.25) is 0 Å². The fraction of sp³-hybridized carbons (Fsp3) is 0.538. The van der Waals surface area contributed by atoms with Crippen LogP contribution in [-0.2, 0) is 0 Å². The van der Waals surface area contributed by atoms with E-state index in [-0.39, 0.29) is 0 Å². The molecule has 3 aliphatic carbocycles. The van der Waals surface area contributed by atoms with Crippen LogP contribution in [0.15, 0.2) is 12.1 Å². The zero-order valence-corrected chi connectivity index (χ0v) is 8.99. The first-order valence-electron chi connectivity index (χ1n) is 5.61. The second-order valence-corrected chi connectivity index (χ2v) is 4.91. The first-order valence-corrected chi connectivity index (χ1v) is 5.61. The van der Waals surface area contributed by atoms with Gasteiger partial charge in [0.1, 0.15) is 11.5 Å². The molecule has 1 aromatic carbocycles. The molecule has 2 saturated carbocycles. The van der Waals surface area contributed by atoms with Crippen LogP contribution >= 0.6 is 0 Å². The lowest BCUT2D eigenvalue weighted by Crippen LogP contribution is -2.16. The summed E-state index contributed by atoms with van der Waals surface area (Å²) in [6, 6.07) is 4.10. The molecule has 2 heteroatoms. The summed E-state index contributed by atoms with van der Waals surface area (Å²) >= 11 is 0. The van der Waals surface area contributed by atoms with Crippen LogP contribution in [0.1, 0.15) is 29.4 Å². The summed E-state index contributed by atoms with van der Waals surface area (Å²) < 4.78 is 10.9. The highest BCUT2D eigenvalue weighted by Crippen LogP contribution is 2.80. The van der Waals surface area contributed by atoms with E-state index in [1.165, 1.54) is 17.5 Å². The Morgan fingerprint density at radius 2 is 1.73 bits per heavy atom. The summed E-state index contributed by atoms with van der Waals surface area (Å²) in [4.78, 5) is 0. The molecule has 0 unspecified atom stereocenters. The van der Waals surface area contributed by atoms with Gasteiger partial charge in [0, 0.05) is 11.1 Å². The molecule has 78 valence electrons. The van der Waals surface area contributed by atoms with E-state index < -0.39 is 0 Å². The van der Waals surface area contributed by atoms with Gasteiger partial charge in [-0.1, -0.05) is 0 Å². The molecule has 0 amide bonds. The van der Waals surface area contributed by atoms with Crippen molar-refractivity contribution in [1.82, 2.24) is 0 Å².